The van der Waals surface area contributed by atoms with Crippen LogP contribution in [0, 0.1) is 5.82 Å². The molecule has 0 amide bonds. The van der Waals surface area contributed by atoms with Crippen molar-refractivity contribution in [2.75, 3.05) is 0 Å². The molecule has 58 valence electrons. The fraction of sp³-hybridized carbons (Fsp3) is 0.250. The molecule has 1 nitrogen and oxygen atoms in total. The largest absolute Gasteiger partial charge is 0.211 e. The first-order chi connectivity index (χ1) is 5.27. The van der Waals surface area contributed by atoms with Gasteiger partial charge in [0.2, 0.25) is 0 Å². The van der Waals surface area contributed by atoms with Gasteiger partial charge in [0.15, 0.2) is 0 Å². The van der Waals surface area contributed by atoms with Crippen LogP contribution in [-0.4, -0.2) is 4.42 Å². The Balaban J connectivity index is 2.49. The number of fused-ring (bicyclic) bond motifs is 1. The van der Waals surface area contributed by atoms with Gasteiger partial charge in [0.05, 0.1) is 0 Å². The summed E-state index contributed by atoms with van der Waals surface area (Å²) < 4.78 is 14.6. The van der Waals surface area contributed by atoms with Gasteiger partial charge in [0, 0.05) is 18.7 Å². The Morgan fingerprint density at radius 3 is 2.91 bits per heavy atom. The Hall–Kier alpha value is -0.600. The van der Waals surface area contributed by atoms with Gasteiger partial charge in [-0.05, 0) is 23.4 Å². The fourth-order valence-electron chi connectivity index (χ4n) is 1.34. The van der Waals surface area contributed by atoms with E-state index in [2.05, 4.69) is 0 Å². The highest BCUT2D eigenvalue weighted by molar-refractivity contribution is 6.13. The number of hydrogen-bond donors (Lipinski definition) is 0. The SMILES string of the molecule is Fc1cccc2c1CN(Cl)C2. The van der Waals surface area contributed by atoms with Crippen molar-refractivity contribution in [1.82, 2.24) is 4.42 Å². The number of hydrogen-bond acceptors (Lipinski definition) is 1. The van der Waals surface area contributed by atoms with Crippen LogP contribution in [0.25, 0.3) is 0 Å². The first kappa shape index (κ1) is 7.07. The lowest BCUT2D eigenvalue weighted by molar-refractivity contribution is 0.482. The van der Waals surface area contributed by atoms with Crippen molar-refractivity contribution < 1.29 is 4.39 Å². The lowest BCUT2D eigenvalue weighted by Gasteiger charge is -1.98. The van der Waals surface area contributed by atoms with Crippen LogP contribution in [0.5, 0.6) is 0 Å². The van der Waals surface area contributed by atoms with Crippen LogP contribution < -0.4 is 0 Å². The zero-order valence-electron chi connectivity index (χ0n) is 5.85. The van der Waals surface area contributed by atoms with Crippen molar-refractivity contribution in [2.45, 2.75) is 13.1 Å². The summed E-state index contributed by atoms with van der Waals surface area (Å²) in [6, 6.07) is 5.08. The predicted molar refractivity (Wildman–Crippen MR) is 41.5 cm³/mol. The molecular formula is C8H7ClFN. The zero-order valence-corrected chi connectivity index (χ0v) is 6.61. The van der Waals surface area contributed by atoms with E-state index in [-0.39, 0.29) is 5.82 Å². The van der Waals surface area contributed by atoms with Crippen molar-refractivity contribution >= 4 is 11.8 Å². The molecule has 2 rings (SSSR count). The van der Waals surface area contributed by atoms with Crippen molar-refractivity contribution in [3.8, 4) is 0 Å². The van der Waals surface area contributed by atoms with Gasteiger partial charge in [-0.15, -0.1) is 0 Å². The molecule has 0 aliphatic carbocycles. The number of benzene rings is 1. The highest BCUT2D eigenvalue weighted by Crippen LogP contribution is 2.25. The van der Waals surface area contributed by atoms with E-state index in [1.807, 2.05) is 6.07 Å². The first-order valence-corrected chi connectivity index (χ1v) is 3.78. The Labute approximate surface area is 69.5 Å². The van der Waals surface area contributed by atoms with Gasteiger partial charge in [0.1, 0.15) is 5.82 Å². The van der Waals surface area contributed by atoms with E-state index in [0.29, 0.717) is 13.1 Å². The van der Waals surface area contributed by atoms with E-state index in [9.17, 15) is 4.39 Å². The summed E-state index contributed by atoms with van der Waals surface area (Å²) in [6.07, 6.45) is 0. The summed E-state index contributed by atoms with van der Waals surface area (Å²) in [4.78, 5) is 0. The third-order valence-electron chi connectivity index (χ3n) is 1.89. The average Bonchev–Trinajstić information content (AvgIpc) is 2.31. The maximum absolute atomic E-state index is 13.0. The van der Waals surface area contributed by atoms with E-state index in [1.165, 1.54) is 6.07 Å². The maximum Gasteiger partial charge on any atom is 0.128 e. The molecule has 0 bridgehead atoms. The second-order valence-electron chi connectivity index (χ2n) is 2.66. The van der Waals surface area contributed by atoms with Crippen molar-refractivity contribution in [2.24, 2.45) is 0 Å². The summed E-state index contributed by atoms with van der Waals surface area (Å²) >= 11 is 5.72. The van der Waals surface area contributed by atoms with Crippen LogP contribution in [0.2, 0.25) is 0 Å². The molecule has 0 saturated carbocycles. The van der Waals surface area contributed by atoms with Crippen molar-refractivity contribution in [3.63, 3.8) is 0 Å². The minimum atomic E-state index is -0.148. The molecule has 1 aromatic carbocycles. The lowest BCUT2D eigenvalue weighted by Crippen LogP contribution is -1.99. The molecule has 0 aromatic heterocycles. The van der Waals surface area contributed by atoms with E-state index < -0.39 is 0 Å². The summed E-state index contributed by atoms with van der Waals surface area (Å²) in [5, 5.41) is 0. The molecule has 0 unspecified atom stereocenters. The fourth-order valence-corrected chi connectivity index (χ4v) is 1.59. The van der Waals surface area contributed by atoms with Gasteiger partial charge in [-0.2, -0.15) is 0 Å². The molecule has 0 atom stereocenters. The van der Waals surface area contributed by atoms with Gasteiger partial charge in [-0.3, -0.25) is 0 Å². The third-order valence-corrected chi connectivity index (χ3v) is 2.13. The normalized spacial score (nSPS) is 16.9. The number of rotatable bonds is 0. The lowest BCUT2D eigenvalue weighted by atomic mass is 10.1. The molecule has 0 spiro atoms. The highest BCUT2D eigenvalue weighted by atomic mass is 35.5. The molecule has 1 aliphatic rings. The standard InChI is InChI=1S/C8H7ClFN/c9-11-4-6-2-1-3-8(10)7(6)5-11/h1-3H,4-5H2. The number of nitrogens with zero attached hydrogens (tertiary/aromatic N) is 1. The predicted octanol–water partition coefficient (Wildman–Crippen LogP) is 2.30. The highest BCUT2D eigenvalue weighted by Gasteiger charge is 2.19. The third kappa shape index (κ3) is 1.12. The van der Waals surface area contributed by atoms with E-state index in [1.54, 1.807) is 10.5 Å². The Morgan fingerprint density at radius 1 is 1.36 bits per heavy atom. The van der Waals surface area contributed by atoms with Gasteiger partial charge < -0.3 is 0 Å². The Kier molecular flexibility index (Phi) is 1.59. The molecule has 1 heterocycles. The summed E-state index contributed by atoms with van der Waals surface area (Å²) in [5.41, 5.74) is 1.74. The van der Waals surface area contributed by atoms with Crippen LogP contribution >= 0.6 is 11.8 Å². The zero-order chi connectivity index (χ0) is 7.84. The monoisotopic (exact) mass is 171 g/mol. The molecule has 3 heteroatoms. The van der Waals surface area contributed by atoms with Crippen LogP contribution in [0.4, 0.5) is 4.39 Å². The second kappa shape index (κ2) is 2.47. The quantitative estimate of drug-likeness (QED) is 0.542. The van der Waals surface area contributed by atoms with E-state index in [0.717, 1.165) is 11.1 Å². The molecule has 0 N–H and O–H groups in total. The van der Waals surface area contributed by atoms with Crippen LogP contribution in [0.1, 0.15) is 11.1 Å². The summed E-state index contributed by atoms with van der Waals surface area (Å²) in [7, 11) is 0. The average molecular weight is 172 g/mol. The van der Waals surface area contributed by atoms with Gasteiger partial charge in [-0.1, -0.05) is 12.1 Å². The summed E-state index contributed by atoms with van der Waals surface area (Å²) in [6.45, 7) is 1.16. The van der Waals surface area contributed by atoms with E-state index >= 15 is 0 Å². The molecule has 0 fully saturated rings. The van der Waals surface area contributed by atoms with E-state index in [4.69, 9.17) is 11.8 Å². The topological polar surface area (TPSA) is 3.24 Å². The van der Waals surface area contributed by atoms with Crippen molar-refractivity contribution in [1.29, 1.82) is 0 Å². The minimum Gasteiger partial charge on any atom is -0.211 e. The van der Waals surface area contributed by atoms with Gasteiger partial charge in [-0.25, -0.2) is 8.81 Å². The molecule has 1 aromatic rings. The smallest absolute Gasteiger partial charge is 0.128 e. The van der Waals surface area contributed by atoms with Crippen LogP contribution in [-0.2, 0) is 13.1 Å². The van der Waals surface area contributed by atoms with Gasteiger partial charge >= 0.3 is 0 Å². The molecular weight excluding hydrogens is 165 g/mol. The second-order valence-corrected chi connectivity index (χ2v) is 3.13. The molecule has 1 aliphatic heterocycles. The maximum atomic E-state index is 13.0. The van der Waals surface area contributed by atoms with Gasteiger partial charge in [0.25, 0.3) is 0 Å². The Morgan fingerprint density at radius 2 is 2.18 bits per heavy atom. The van der Waals surface area contributed by atoms with Crippen LogP contribution in [0.15, 0.2) is 18.2 Å². The number of halogens is 2. The first-order valence-electron chi connectivity index (χ1n) is 3.44. The van der Waals surface area contributed by atoms with Crippen LogP contribution in [0.3, 0.4) is 0 Å². The Bertz CT molecular complexity index is 287. The van der Waals surface area contributed by atoms with Crippen molar-refractivity contribution in [3.05, 3.63) is 35.1 Å². The molecule has 11 heavy (non-hydrogen) atoms. The molecule has 0 radical (unpaired) electrons. The minimum absolute atomic E-state index is 0.148. The molecule has 0 saturated heterocycles. The summed E-state index contributed by atoms with van der Waals surface area (Å²) in [5.74, 6) is -0.148.